The Morgan fingerprint density at radius 3 is 2.62 bits per heavy atom. The lowest BCUT2D eigenvalue weighted by molar-refractivity contribution is -0.121. The van der Waals surface area contributed by atoms with E-state index in [9.17, 15) is 4.79 Å². The highest BCUT2D eigenvalue weighted by Gasteiger charge is 2.00. The van der Waals surface area contributed by atoms with Crippen LogP contribution in [-0.2, 0) is 11.3 Å². The first-order chi connectivity index (χ1) is 7.76. The van der Waals surface area contributed by atoms with Crippen LogP contribution in [0.5, 0.6) is 5.75 Å². The lowest BCUT2D eigenvalue weighted by atomic mass is 10.2. The summed E-state index contributed by atoms with van der Waals surface area (Å²) in [5.74, 6) is 0.685. The standard InChI is InChI=1S/C12H17NO3/c1-2-16-11-5-3-10(4-6-11)9-13-12(15)7-8-14/h3-6,14H,2,7-9H2,1H3,(H,13,15). The highest BCUT2D eigenvalue weighted by Crippen LogP contribution is 2.11. The first-order valence-electron chi connectivity index (χ1n) is 5.35. The zero-order chi connectivity index (χ0) is 11.8. The zero-order valence-electron chi connectivity index (χ0n) is 9.40. The molecule has 0 spiro atoms. The summed E-state index contributed by atoms with van der Waals surface area (Å²) >= 11 is 0. The quantitative estimate of drug-likeness (QED) is 0.758. The average molecular weight is 223 g/mol. The van der Waals surface area contributed by atoms with E-state index in [1.54, 1.807) is 0 Å². The second kappa shape index (κ2) is 6.85. The second-order valence-electron chi connectivity index (χ2n) is 3.33. The first kappa shape index (κ1) is 12.5. The summed E-state index contributed by atoms with van der Waals surface area (Å²) in [6.45, 7) is 2.94. The molecular formula is C12H17NO3. The molecule has 0 atom stereocenters. The molecule has 0 bridgehead atoms. The van der Waals surface area contributed by atoms with E-state index in [4.69, 9.17) is 9.84 Å². The van der Waals surface area contributed by atoms with Crippen LogP contribution in [0, 0.1) is 0 Å². The van der Waals surface area contributed by atoms with Crippen LogP contribution >= 0.6 is 0 Å². The Morgan fingerprint density at radius 2 is 2.06 bits per heavy atom. The lowest BCUT2D eigenvalue weighted by Gasteiger charge is -2.06. The van der Waals surface area contributed by atoms with Gasteiger partial charge in [0, 0.05) is 13.0 Å². The van der Waals surface area contributed by atoms with Gasteiger partial charge in [-0.05, 0) is 24.6 Å². The van der Waals surface area contributed by atoms with Crippen LogP contribution in [0.3, 0.4) is 0 Å². The fraction of sp³-hybridized carbons (Fsp3) is 0.417. The Morgan fingerprint density at radius 1 is 1.38 bits per heavy atom. The lowest BCUT2D eigenvalue weighted by Crippen LogP contribution is -2.23. The molecular weight excluding hydrogens is 206 g/mol. The van der Waals surface area contributed by atoms with Crippen molar-refractivity contribution in [2.75, 3.05) is 13.2 Å². The Balaban J connectivity index is 2.40. The second-order valence-corrected chi connectivity index (χ2v) is 3.33. The number of aliphatic hydroxyl groups is 1. The van der Waals surface area contributed by atoms with E-state index >= 15 is 0 Å². The Labute approximate surface area is 95.2 Å². The molecule has 0 saturated heterocycles. The topological polar surface area (TPSA) is 58.6 Å². The van der Waals surface area contributed by atoms with E-state index < -0.39 is 0 Å². The van der Waals surface area contributed by atoms with Gasteiger partial charge in [-0.1, -0.05) is 12.1 Å². The molecule has 0 aliphatic rings. The molecule has 0 aromatic heterocycles. The van der Waals surface area contributed by atoms with E-state index in [0.29, 0.717) is 13.2 Å². The molecule has 1 aromatic rings. The smallest absolute Gasteiger partial charge is 0.222 e. The minimum atomic E-state index is -0.142. The normalized spacial score (nSPS) is 9.88. The van der Waals surface area contributed by atoms with Gasteiger partial charge >= 0.3 is 0 Å². The first-order valence-corrected chi connectivity index (χ1v) is 5.35. The Hall–Kier alpha value is -1.55. The van der Waals surface area contributed by atoms with Gasteiger partial charge in [0.1, 0.15) is 5.75 Å². The maximum atomic E-state index is 11.1. The molecule has 4 nitrogen and oxygen atoms in total. The summed E-state index contributed by atoms with van der Waals surface area (Å²) in [7, 11) is 0. The summed E-state index contributed by atoms with van der Waals surface area (Å²) in [5.41, 5.74) is 1.01. The SMILES string of the molecule is CCOc1ccc(CNC(=O)CCO)cc1. The van der Waals surface area contributed by atoms with Gasteiger partial charge in [-0.2, -0.15) is 0 Å². The Bertz CT molecular complexity index is 322. The molecule has 0 saturated carbocycles. The predicted octanol–water partition coefficient (Wildman–Crippen LogP) is 1.08. The molecule has 16 heavy (non-hydrogen) atoms. The fourth-order valence-corrected chi connectivity index (χ4v) is 1.26. The molecule has 2 N–H and O–H groups in total. The van der Waals surface area contributed by atoms with Crippen LogP contribution in [0.25, 0.3) is 0 Å². The van der Waals surface area contributed by atoms with Crippen LogP contribution in [0.1, 0.15) is 18.9 Å². The zero-order valence-corrected chi connectivity index (χ0v) is 9.40. The summed E-state index contributed by atoms with van der Waals surface area (Å²) in [4.78, 5) is 11.1. The summed E-state index contributed by atoms with van der Waals surface area (Å²) in [5, 5.41) is 11.3. The van der Waals surface area contributed by atoms with Crippen molar-refractivity contribution in [3.8, 4) is 5.75 Å². The molecule has 88 valence electrons. The number of benzene rings is 1. The van der Waals surface area contributed by atoms with Gasteiger partial charge < -0.3 is 15.2 Å². The third-order valence-corrected chi connectivity index (χ3v) is 2.06. The van der Waals surface area contributed by atoms with Crippen molar-refractivity contribution >= 4 is 5.91 Å². The van der Waals surface area contributed by atoms with E-state index in [2.05, 4.69) is 5.32 Å². The van der Waals surface area contributed by atoms with Gasteiger partial charge in [0.2, 0.25) is 5.91 Å². The third kappa shape index (κ3) is 4.31. The van der Waals surface area contributed by atoms with Crippen molar-refractivity contribution in [1.82, 2.24) is 5.32 Å². The minimum Gasteiger partial charge on any atom is -0.494 e. The monoisotopic (exact) mass is 223 g/mol. The van der Waals surface area contributed by atoms with Crippen LogP contribution in [0.2, 0.25) is 0 Å². The number of hydrogen-bond donors (Lipinski definition) is 2. The van der Waals surface area contributed by atoms with Gasteiger partial charge in [-0.15, -0.1) is 0 Å². The molecule has 0 radical (unpaired) electrons. The summed E-state index contributed by atoms with van der Waals surface area (Å²) in [6, 6.07) is 7.56. The van der Waals surface area contributed by atoms with Gasteiger partial charge in [0.05, 0.1) is 13.2 Å². The molecule has 1 amide bonds. The maximum Gasteiger partial charge on any atom is 0.222 e. The molecule has 0 fully saturated rings. The molecule has 0 heterocycles. The van der Waals surface area contributed by atoms with Crippen molar-refractivity contribution in [2.24, 2.45) is 0 Å². The number of nitrogens with one attached hydrogen (secondary N) is 1. The van der Waals surface area contributed by atoms with Gasteiger partial charge in [-0.3, -0.25) is 4.79 Å². The van der Waals surface area contributed by atoms with Crippen molar-refractivity contribution in [3.05, 3.63) is 29.8 Å². The molecule has 0 unspecified atom stereocenters. The predicted molar refractivity (Wildman–Crippen MR) is 61.2 cm³/mol. The number of carbonyl (C=O) groups is 1. The number of ether oxygens (including phenoxy) is 1. The van der Waals surface area contributed by atoms with Gasteiger partial charge in [-0.25, -0.2) is 0 Å². The van der Waals surface area contributed by atoms with Crippen molar-refractivity contribution in [3.63, 3.8) is 0 Å². The van der Waals surface area contributed by atoms with E-state index in [1.807, 2.05) is 31.2 Å². The number of hydrogen-bond acceptors (Lipinski definition) is 3. The van der Waals surface area contributed by atoms with Crippen LogP contribution < -0.4 is 10.1 Å². The number of carbonyl (C=O) groups excluding carboxylic acids is 1. The van der Waals surface area contributed by atoms with E-state index in [-0.39, 0.29) is 18.9 Å². The van der Waals surface area contributed by atoms with Crippen LogP contribution in [0.15, 0.2) is 24.3 Å². The van der Waals surface area contributed by atoms with E-state index in [0.717, 1.165) is 11.3 Å². The molecule has 1 aromatic carbocycles. The largest absolute Gasteiger partial charge is 0.494 e. The minimum absolute atomic E-state index is 0.116. The molecule has 0 aliphatic heterocycles. The van der Waals surface area contributed by atoms with E-state index in [1.165, 1.54) is 0 Å². The van der Waals surface area contributed by atoms with Crippen molar-refractivity contribution < 1.29 is 14.6 Å². The van der Waals surface area contributed by atoms with Crippen molar-refractivity contribution in [1.29, 1.82) is 0 Å². The Kier molecular flexibility index (Phi) is 5.36. The number of aliphatic hydroxyl groups excluding tert-OH is 1. The highest BCUT2D eigenvalue weighted by atomic mass is 16.5. The molecule has 4 heteroatoms. The maximum absolute atomic E-state index is 11.1. The number of rotatable bonds is 6. The molecule has 1 rings (SSSR count). The van der Waals surface area contributed by atoms with Gasteiger partial charge in [0.25, 0.3) is 0 Å². The summed E-state index contributed by atoms with van der Waals surface area (Å²) in [6.07, 6.45) is 0.150. The third-order valence-electron chi connectivity index (χ3n) is 2.06. The fourth-order valence-electron chi connectivity index (χ4n) is 1.26. The van der Waals surface area contributed by atoms with Crippen molar-refractivity contribution in [2.45, 2.75) is 19.9 Å². The van der Waals surface area contributed by atoms with Gasteiger partial charge in [0.15, 0.2) is 0 Å². The summed E-state index contributed by atoms with van der Waals surface area (Å²) < 4.78 is 5.30. The average Bonchev–Trinajstić information content (AvgIpc) is 2.29. The van der Waals surface area contributed by atoms with Crippen LogP contribution in [0.4, 0.5) is 0 Å². The molecule has 0 aliphatic carbocycles. The number of amides is 1. The highest BCUT2D eigenvalue weighted by molar-refractivity contribution is 5.75. The van der Waals surface area contributed by atoms with Crippen LogP contribution in [-0.4, -0.2) is 24.2 Å².